The Balaban J connectivity index is 2.39. The molecule has 0 aliphatic carbocycles. The van der Waals surface area contributed by atoms with Gasteiger partial charge in [-0.15, -0.1) is 0 Å². The van der Waals surface area contributed by atoms with Gasteiger partial charge in [-0.1, -0.05) is 17.3 Å². The number of rotatable bonds is 2. The number of halogens is 1. The van der Waals surface area contributed by atoms with Gasteiger partial charge in [0.15, 0.2) is 5.82 Å². The Hall–Kier alpha value is -2.37. The van der Waals surface area contributed by atoms with Gasteiger partial charge in [0.25, 0.3) is 0 Å². The molecule has 0 amide bonds. The third-order valence-electron chi connectivity index (χ3n) is 2.06. The van der Waals surface area contributed by atoms with Crippen molar-refractivity contribution < 1.29 is 9.60 Å². The molecule has 0 saturated heterocycles. The fourth-order valence-electron chi connectivity index (χ4n) is 1.30. The number of amidine groups is 1. The predicted octanol–water partition coefficient (Wildman–Crippen LogP) is 1.31. The normalized spacial score (nSPS) is 11.7. The van der Waals surface area contributed by atoms with Crippen molar-refractivity contribution in [3.63, 3.8) is 0 Å². The highest BCUT2D eigenvalue weighted by Crippen LogP contribution is 2.17. The number of hydrogen-bond donors (Lipinski definition) is 3. The van der Waals surface area contributed by atoms with E-state index in [2.05, 4.69) is 15.1 Å². The summed E-state index contributed by atoms with van der Waals surface area (Å²) in [6.07, 6.45) is 1.49. The van der Waals surface area contributed by atoms with Crippen molar-refractivity contribution in [2.45, 2.75) is 0 Å². The minimum absolute atomic E-state index is 0.123. The zero-order valence-corrected chi connectivity index (χ0v) is 8.18. The maximum absolute atomic E-state index is 13.0. The van der Waals surface area contributed by atoms with Crippen molar-refractivity contribution in [2.24, 2.45) is 10.9 Å². The van der Waals surface area contributed by atoms with Crippen molar-refractivity contribution in [3.05, 3.63) is 42.1 Å². The van der Waals surface area contributed by atoms with Gasteiger partial charge in [-0.05, 0) is 12.1 Å². The van der Waals surface area contributed by atoms with Crippen LogP contribution in [0.4, 0.5) is 4.39 Å². The molecular weight excluding hydrogens is 211 g/mol. The van der Waals surface area contributed by atoms with Crippen LogP contribution in [0.15, 0.2) is 35.6 Å². The van der Waals surface area contributed by atoms with E-state index in [0.29, 0.717) is 11.3 Å². The average molecular weight is 220 g/mol. The third-order valence-corrected chi connectivity index (χ3v) is 2.06. The Morgan fingerprint density at radius 3 is 3.00 bits per heavy atom. The number of nitrogens with one attached hydrogen (secondary N) is 1. The first kappa shape index (κ1) is 10.2. The van der Waals surface area contributed by atoms with Gasteiger partial charge in [-0.2, -0.15) is 0 Å². The molecule has 0 radical (unpaired) electrons. The first-order chi connectivity index (χ1) is 7.70. The van der Waals surface area contributed by atoms with Gasteiger partial charge in [-0.25, -0.2) is 9.37 Å². The molecule has 0 aliphatic heterocycles. The Bertz CT molecular complexity index is 535. The van der Waals surface area contributed by atoms with Crippen LogP contribution in [0.5, 0.6) is 0 Å². The van der Waals surface area contributed by atoms with Gasteiger partial charge in [0.1, 0.15) is 5.82 Å². The molecule has 82 valence electrons. The summed E-state index contributed by atoms with van der Waals surface area (Å²) in [4.78, 5) is 6.71. The quantitative estimate of drug-likeness (QED) is 0.308. The van der Waals surface area contributed by atoms with Gasteiger partial charge < -0.3 is 15.9 Å². The second kappa shape index (κ2) is 4.01. The summed E-state index contributed by atoms with van der Waals surface area (Å²) < 4.78 is 13.0. The molecule has 1 heterocycles. The number of hydrogen-bond acceptors (Lipinski definition) is 3. The molecular formula is C10H9FN4O. The summed E-state index contributed by atoms with van der Waals surface area (Å²) in [5, 5.41) is 11.3. The lowest BCUT2D eigenvalue weighted by Gasteiger charge is -1.96. The van der Waals surface area contributed by atoms with E-state index in [1.165, 1.54) is 18.3 Å². The van der Waals surface area contributed by atoms with Crippen LogP contribution in [-0.4, -0.2) is 21.0 Å². The van der Waals surface area contributed by atoms with E-state index in [1.54, 1.807) is 12.1 Å². The van der Waals surface area contributed by atoms with E-state index in [-0.39, 0.29) is 17.5 Å². The van der Waals surface area contributed by atoms with E-state index in [1.807, 2.05) is 0 Å². The number of oxime groups is 1. The summed E-state index contributed by atoms with van der Waals surface area (Å²) in [7, 11) is 0. The maximum Gasteiger partial charge on any atom is 0.205 e. The average Bonchev–Trinajstić information content (AvgIpc) is 2.77. The number of benzene rings is 1. The summed E-state index contributed by atoms with van der Waals surface area (Å²) in [5.74, 6) is -0.220. The van der Waals surface area contributed by atoms with Gasteiger partial charge in [0.05, 0.1) is 11.9 Å². The van der Waals surface area contributed by atoms with Crippen LogP contribution >= 0.6 is 0 Å². The van der Waals surface area contributed by atoms with Gasteiger partial charge in [0, 0.05) is 5.56 Å². The molecule has 0 spiro atoms. The number of aromatic nitrogens is 2. The molecule has 0 aliphatic rings. The molecule has 0 bridgehead atoms. The molecule has 16 heavy (non-hydrogen) atoms. The maximum atomic E-state index is 13.0. The van der Waals surface area contributed by atoms with Crippen molar-refractivity contribution in [3.8, 4) is 11.3 Å². The molecule has 0 saturated carbocycles. The first-order valence-electron chi connectivity index (χ1n) is 4.49. The standard InChI is InChI=1S/C10H9FN4O/c11-7-3-1-2-6(4-7)8-5-13-10(14-8)9(12)15-16/h1-5,16H,(H2,12,15)(H,13,14). The molecule has 0 fully saturated rings. The zero-order chi connectivity index (χ0) is 11.5. The summed E-state index contributed by atoms with van der Waals surface area (Å²) in [5.41, 5.74) is 6.59. The number of H-pyrrole nitrogens is 1. The van der Waals surface area contributed by atoms with Crippen LogP contribution in [0.2, 0.25) is 0 Å². The van der Waals surface area contributed by atoms with E-state index < -0.39 is 0 Å². The largest absolute Gasteiger partial charge is 0.409 e. The highest BCUT2D eigenvalue weighted by Gasteiger charge is 2.06. The lowest BCUT2D eigenvalue weighted by atomic mass is 10.2. The predicted molar refractivity (Wildman–Crippen MR) is 56.5 cm³/mol. The Kier molecular flexibility index (Phi) is 2.55. The van der Waals surface area contributed by atoms with Crippen molar-refractivity contribution >= 4 is 5.84 Å². The fraction of sp³-hybridized carbons (Fsp3) is 0. The van der Waals surface area contributed by atoms with E-state index in [9.17, 15) is 4.39 Å². The van der Waals surface area contributed by atoms with Crippen LogP contribution in [0, 0.1) is 5.82 Å². The second-order valence-electron chi connectivity index (χ2n) is 3.14. The number of imidazole rings is 1. The fourth-order valence-corrected chi connectivity index (χ4v) is 1.30. The van der Waals surface area contributed by atoms with Crippen molar-refractivity contribution in [1.82, 2.24) is 9.97 Å². The second-order valence-corrected chi connectivity index (χ2v) is 3.14. The first-order valence-corrected chi connectivity index (χ1v) is 4.49. The SMILES string of the molecule is NC(=NO)c1ncc(-c2cccc(F)c2)[nH]1. The van der Waals surface area contributed by atoms with Gasteiger partial charge in [0.2, 0.25) is 5.84 Å². The molecule has 2 rings (SSSR count). The molecule has 0 unspecified atom stereocenters. The third kappa shape index (κ3) is 1.85. The van der Waals surface area contributed by atoms with Crippen molar-refractivity contribution in [1.29, 1.82) is 0 Å². The summed E-state index contributed by atoms with van der Waals surface area (Å²) in [6, 6.07) is 6.04. The topological polar surface area (TPSA) is 87.3 Å². The van der Waals surface area contributed by atoms with Crippen LogP contribution < -0.4 is 5.73 Å². The van der Waals surface area contributed by atoms with Crippen LogP contribution in [-0.2, 0) is 0 Å². The monoisotopic (exact) mass is 220 g/mol. The molecule has 1 aromatic carbocycles. The highest BCUT2D eigenvalue weighted by atomic mass is 19.1. The summed E-state index contributed by atoms with van der Waals surface area (Å²) in [6.45, 7) is 0. The Morgan fingerprint density at radius 2 is 2.31 bits per heavy atom. The van der Waals surface area contributed by atoms with E-state index in [4.69, 9.17) is 10.9 Å². The number of aromatic amines is 1. The Labute approximate surface area is 90.4 Å². The lowest BCUT2D eigenvalue weighted by molar-refractivity contribution is 0.318. The molecule has 1 aromatic heterocycles. The molecule has 5 nitrogen and oxygen atoms in total. The van der Waals surface area contributed by atoms with Crippen molar-refractivity contribution in [2.75, 3.05) is 0 Å². The minimum atomic E-state index is -0.336. The smallest absolute Gasteiger partial charge is 0.205 e. The molecule has 2 aromatic rings. The number of nitrogens with two attached hydrogens (primary N) is 1. The molecule has 4 N–H and O–H groups in total. The van der Waals surface area contributed by atoms with E-state index >= 15 is 0 Å². The Morgan fingerprint density at radius 1 is 1.50 bits per heavy atom. The van der Waals surface area contributed by atoms with Gasteiger partial charge in [-0.3, -0.25) is 0 Å². The number of nitrogens with zero attached hydrogens (tertiary/aromatic N) is 2. The summed E-state index contributed by atoms with van der Waals surface area (Å²) >= 11 is 0. The minimum Gasteiger partial charge on any atom is -0.409 e. The van der Waals surface area contributed by atoms with Crippen LogP contribution in [0.25, 0.3) is 11.3 Å². The van der Waals surface area contributed by atoms with Gasteiger partial charge >= 0.3 is 0 Å². The lowest BCUT2D eigenvalue weighted by Crippen LogP contribution is -2.14. The zero-order valence-electron chi connectivity index (χ0n) is 8.18. The highest BCUT2D eigenvalue weighted by molar-refractivity contribution is 5.94. The van der Waals surface area contributed by atoms with Crippen LogP contribution in [0.3, 0.4) is 0 Å². The molecule has 6 heteroatoms. The molecule has 0 atom stereocenters. The van der Waals surface area contributed by atoms with Crippen LogP contribution in [0.1, 0.15) is 5.82 Å². The van der Waals surface area contributed by atoms with E-state index in [0.717, 1.165) is 0 Å².